The van der Waals surface area contributed by atoms with Crippen LogP contribution in [0.3, 0.4) is 0 Å². The zero-order valence-electron chi connectivity index (χ0n) is 16.9. The number of anilines is 2. The molecule has 29 heavy (non-hydrogen) atoms. The Kier molecular flexibility index (Phi) is 9.28. The van der Waals surface area contributed by atoms with Crippen molar-refractivity contribution >= 4 is 35.6 Å². The molecule has 0 saturated carbocycles. The number of carboxylic acids is 1. The Bertz CT molecular complexity index is 823. The third-order valence-corrected chi connectivity index (χ3v) is 4.48. The van der Waals surface area contributed by atoms with E-state index in [1.807, 2.05) is 19.1 Å². The Morgan fingerprint density at radius 3 is 2.28 bits per heavy atom. The maximum Gasteiger partial charge on any atom is 0.330 e. The SMILES string of the molecule is CCOc1cc(C(Nc2ccc(C(=N)N)cc2)C(=O)O)ccc1N(CC)CC.Cl. The largest absolute Gasteiger partial charge is 0.492 e. The molecule has 0 fully saturated rings. The van der Waals surface area contributed by atoms with Gasteiger partial charge in [0.2, 0.25) is 0 Å². The van der Waals surface area contributed by atoms with E-state index in [0.717, 1.165) is 18.8 Å². The van der Waals surface area contributed by atoms with Crippen LogP contribution in [0, 0.1) is 5.41 Å². The minimum Gasteiger partial charge on any atom is -0.492 e. The van der Waals surface area contributed by atoms with Gasteiger partial charge in [-0.3, -0.25) is 5.41 Å². The Hall–Kier alpha value is -2.93. The second-order valence-corrected chi connectivity index (χ2v) is 6.24. The van der Waals surface area contributed by atoms with Gasteiger partial charge in [-0.15, -0.1) is 12.4 Å². The molecule has 8 heteroatoms. The topological polar surface area (TPSA) is 112 Å². The van der Waals surface area contributed by atoms with E-state index >= 15 is 0 Å². The lowest BCUT2D eigenvalue weighted by Gasteiger charge is -2.25. The average molecular weight is 421 g/mol. The molecule has 0 radical (unpaired) electrons. The van der Waals surface area contributed by atoms with E-state index in [-0.39, 0.29) is 18.2 Å². The first kappa shape index (κ1) is 24.1. The van der Waals surface area contributed by atoms with Gasteiger partial charge in [-0.2, -0.15) is 0 Å². The third kappa shape index (κ3) is 6.02. The molecule has 2 rings (SSSR count). The summed E-state index contributed by atoms with van der Waals surface area (Å²) in [7, 11) is 0. The fraction of sp³-hybridized carbons (Fsp3) is 0.333. The molecule has 0 aliphatic rings. The van der Waals surface area contributed by atoms with E-state index in [1.54, 1.807) is 30.3 Å². The van der Waals surface area contributed by atoms with Gasteiger partial charge in [-0.1, -0.05) is 6.07 Å². The minimum atomic E-state index is -0.992. The van der Waals surface area contributed by atoms with Crippen LogP contribution < -0.4 is 20.7 Å². The molecule has 2 aromatic carbocycles. The summed E-state index contributed by atoms with van der Waals surface area (Å²) in [5.74, 6) is -0.355. The number of amidine groups is 1. The van der Waals surface area contributed by atoms with Crippen LogP contribution in [0.4, 0.5) is 11.4 Å². The molecular formula is C21H29ClN4O3. The minimum absolute atomic E-state index is 0. The predicted octanol–water partition coefficient (Wildman–Crippen LogP) is 3.88. The molecule has 0 spiro atoms. The summed E-state index contributed by atoms with van der Waals surface area (Å²) >= 11 is 0. The van der Waals surface area contributed by atoms with Crippen molar-refractivity contribution in [1.82, 2.24) is 0 Å². The Balaban J connectivity index is 0.00000420. The molecule has 1 unspecified atom stereocenters. The van der Waals surface area contributed by atoms with Crippen molar-refractivity contribution in [2.45, 2.75) is 26.8 Å². The number of nitrogen functional groups attached to an aromatic ring is 1. The van der Waals surface area contributed by atoms with Gasteiger partial charge in [0, 0.05) is 24.3 Å². The van der Waals surface area contributed by atoms with E-state index in [0.29, 0.717) is 29.2 Å². The van der Waals surface area contributed by atoms with E-state index in [4.69, 9.17) is 15.9 Å². The summed E-state index contributed by atoms with van der Waals surface area (Å²) < 4.78 is 5.78. The molecule has 1 atom stereocenters. The number of rotatable bonds is 10. The van der Waals surface area contributed by atoms with E-state index < -0.39 is 12.0 Å². The number of carboxylic acid groups (broad SMARTS) is 1. The van der Waals surface area contributed by atoms with Crippen LogP contribution in [-0.4, -0.2) is 36.6 Å². The van der Waals surface area contributed by atoms with Gasteiger partial charge < -0.3 is 25.8 Å². The number of nitrogens with two attached hydrogens (primary N) is 1. The Labute approximate surface area is 177 Å². The second kappa shape index (κ2) is 11.2. The molecule has 0 aliphatic carbocycles. The van der Waals surface area contributed by atoms with Crippen LogP contribution >= 0.6 is 12.4 Å². The highest BCUT2D eigenvalue weighted by Gasteiger charge is 2.22. The zero-order chi connectivity index (χ0) is 20.7. The van der Waals surface area contributed by atoms with Gasteiger partial charge in [0.1, 0.15) is 11.6 Å². The van der Waals surface area contributed by atoms with Crippen molar-refractivity contribution in [3.8, 4) is 5.75 Å². The van der Waals surface area contributed by atoms with Crippen LogP contribution in [0.25, 0.3) is 0 Å². The summed E-state index contributed by atoms with van der Waals surface area (Å²) in [6.07, 6.45) is 0. The first-order chi connectivity index (χ1) is 13.4. The molecule has 5 N–H and O–H groups in total. The smallest absolute Gasteiger partial charge is 0.330 e. The Morgan fingerprint density at radius 1 is 1.17 bits per heavy atom. The van der Waals surface area contributed by atoms with Crippen LogP contribution in [0.15, 0.2) is 42.5 Å². The number of nitrogens with zero attached hydrogens (tertiary/aromatic N) is 1. The Morgan fingerprint density at radius 2 is 1.79 bits per heavy atom. The van der Waals surface area contributed by atoms with Crippen molar-refractivity contribution in [2.75, 3.05) is 29.9 Å². The fourth-order valence-corrected chi connectivity index (χ4v) is 3.01. The number of ether oxygens (including phenoxy) is 1. The highest BCUT2D eigenvalue weighted by Crippen LogP contribution is 2.33. The number of halogens is 1. The van der Waals surface area contributed by atoms with Crippen LogP contribution in [-0.2, 0) is 4.79 Å². The standard InChI is InChI=1S/C21H28N4O3.ClH/c1-4-25(5-2)17-12-9-15(13-18(17)28-6-3)19(21(26)27)24-16-10-7-14(8-11-16)20(22)23;/h7-13,19,24H,4-6H2,1-3H3,(H3,22,23)(H,26,27);1H. The molecule has 0 aromatic heterocycles. The first-order valence-corrected chi connectivity index (χ1v) is 9.36. The zero-order valence-corrected chi connectivity index (χ0v) is 17.8. The third-order valence-electron chi connectivity index (χ3n) is 4.48. The van der Waals surface area contributed by atoms with Gasteiger partial charge >= 0.3 is 5.97 Å². The quantitative estimate of drug-likeness (QED) is 0.343. The molecule has 0 saturated heterocycles. The van der Waals surface area contributed by atoms with Gasteiger partial charge in [-0.05, 0) is 62.7 Å². The maximum absolute atomic E-state index is 11.9. The molecular weight excluding hydrogens is 392 g/mol. The van der Waals surface area contributed by atoms with Gasteiger partial charge in [-0.25, -0.2) is 4.79 Å². The number of nitrogens with one attached hydrogen (secondary N) is 2. The lowest BCUT2D eigenvalue weighted by Crippen LogP contribution is -2.24. The monoisotopic (exact) mass is 420 g/mol. The summed E-state index contributed by atoms with van der Waals surface area (Å²) in [6, 6.07) is 11.3. The second-order valence-electron chi connectivity index (χ2n) is 6.24. The van der Waals surface area contributed by atoms with Gasteiger partial charge in [0.15, 0.2) is 6.04 Å². The highest BCUT2D eigenvalue weighted by atomic mass is 35.5. The predicted molar refractivity (Wildman–Crippen MR) is 120 cm³/mol. The number of hydrogen-bond acceptors (Lipinski definition) is 5. The molecule has 0 heterocycles. The summed E-state index contributed by atoms with van der Waals surface area (Å²) in [6.45, 7) is 8.20. The lowest BCUT2D eigenvalue weighted by atomic mass is 10.0. The van der Waals surface area contributed by atoms with Crippen LogP contribution in [0.1, 0.15) is 37.9 Å². The first-order valence-electron chi connectivity index (χ1n) is 9.36. The van der Waals surface area contributed by atoms with Crippen molar-refractivity contribution in [2.24, 2.45) is 5.73 Å². The van der Waals surface area contributed by atoms with Gasteiger partial charge in [0.05, 0.1) is 12.3 Å². The molecule has 0 aliphatic heterocycles. The van der Waals surface area contributed by atoms with Crippen LogP contribution in [0.5, 0.6) is 5.75 Å². The van der Waals surface area contributed by atoms with Crippen molar-refractivity contribution < 1.29 is 14.6 Å². The van der Waals surface area contributed by atoms with Crippen LogP contribution in [0.2, 0.25) is 0 Å². The van der Waals surface area contributed by atoms with E-state index in [1.165, 1.54) is 0 Å². The fourth-order valence-electron chi connectivity index (χ4n) is 3.01. The summed E-state index contributed by atoms with van der Waals surface area (Å²) in [5.41, 5.74) is 8.22. The molecule has 7 nitrogen and oxygen atoms in total. The summed E-state index contributed by atoms with van der Waals surface area (Å²) in [5, 5.41) is 20.2. The normalized spacial score (nSPS) is 11.1. The van der Waals surface area contributed by atoms with E-state index in [9.17, 15) is 9.90 Å². The average Bonchev–Trinajstić information content (AvgIpc) is 2.68. The molecule has 2 aromatic rings. The number of aliphatic carboxylic acids is 1. The molecule has 158 valence electrons. The number of hydrogen-bond donors (Lipinski definition) is 4. The van der Waals surface area contributed by atoms with Crippen molar-refractivity contribution in [1.29, 1.82) is 5.41 Å². The maximum atomic E-state index is 11.9. The van der Waals surface area contributed by atoms with Crippen molar-refractivity contribution in [3.05, 3.63) is 53.6 Å². The highest BCUT2D eigenvalue weighted by molar-refractivity contribution is 5.95. The summed E-state index contributed by atoms with van der Waals surface area (Å²) in [4.78, 5) is 14.1. The van der Waals surface area contributed by atoms with E-state index in [2.05, 4.69) is 24.1 Å². The van der Waals surface area contributed by atoms with Crippen molar-refractivity contribution in [3.63, 3.8) is 0 Å². The van der Waals surface area contributed by atoms with Gasteiger partial charge in [0.25, 0.3) is 0 Å². The number of benzene rings is 2. The lowest BCUT2D eigenvalue weighted by molar-refractivity contribution is -0.138. The molecule has 0 amide bonds. The molecule has 0 bridgehead atoms. The number of carbonyl (C=O) groups is 1.